The van der Waals surface area contributed by atoms with Crippen LogP contribution in [0.15, 0.2) is 0 Å². The number of amides is 1. The Morgan fingerprint density at radius 1 is 1.44 bits per heavy atom. The van der Waals surface area contributed by atoms with E-state index < -0.39 is 24.9 Å². The number of rotatable bonds is 7. The van der Waals surface area contributed by atoms with Gasteiger partial charge in [0.2, 0.25) is 5.91 Å². The topological polar surface area (TPSA) is 64.4 Å². The number of hydrogen-bond donors (Lipinski definition) is 2. The van der Waals surface area contributed by atoms with E-state index in [4.69, 9.17) is 5.73 Å². The van der Waals surface area contributed by atoms with E-state index in [9.17, 15) is 18.0 Å². The van der Waals surface area contributed by atoms with E-state index in [0.717, 1.165) is 6.42 Å². The lowest BCUT2D eigenvalue weighted by Gasteiger charge is -2.17. The second-order valence-corrected chi connectivity index (χ2v) is 3.94. The predicted molar refractivity (Wildman–Crippen MR) is 64.6 cm³/mol. The van der Waals surface area contributed by atoms with Crippen LogP contribution in [0, 0.1) is 0 Å². The fourth-order valence-electron chi connectivity index (χ4n) is 1.19. The van der Waals surface area contributed by atoms with E-state index in [1.165, 1.54) is 0 Å². The van der Waals surface area contributed by atoms with Crippen molar-refractivity contribution < 1.29 is 22.7 Å². The highest BCUT2D eigenvalue weighted by atomic mass is 35.5. The van der Waals surface area contributed by atoms with Gasteiger partial charge in [-0.05, 0) is 13.3 Å². The summed E-state index contributed by atoms with van der Waals surface area (Å²) in [4.78, 5) is 11.4. The van der Waals surface area contributed by atoms with Crippen LogP contribution in [0.4, 0.5) is 13.2 Å². The van der Waals surface area contributed by atoms with E-state index in [1.807, 2.05) is 6.92 Å². The molecule has 0 radical (unpaired) electrons. The normalized spacial score (nSPS) is 14.6. The summed E-state index contributed by atoms with van der Waals surface area (Å²) in [5.41, 5.74) is 5.54. The predicted octanol–water partition coefficient (Wildman–Crippen LogP) is 1.62. The van der Waals surface area contributed by atoms with Crippen molar-refractivity contribution in [3.05, 3.63) is 0 Å². The Morgan fingerprint density at radius 3 is 2.44 bits per heavy atom. The van der Waals surface area contributed by atoms with E-state index in [-0.39, 0.29) is 24.9 Å². The summed E-state index contributed by atoms with van der Waals surface area (Å²) >= 11 is 0. The zero-order valence-corrected chi connectivity index (χ0v) is 11.2. The summed E-state index contributed by atoms with van der Waals surface area (Å²) in [6.45, 7) is 1.95. The minimum Gasteiger partial charge on any atom is -0.370 e. The van der Waals surface area contributed by atoms with Crippen molar-refractivity contribution in [3.8, 4) is 0 Å². The minimum atomic E-state index is -4.34. The molecular formula is C10H20ClF3N2O2. The number of carbonyl (C=O) groups excluding carboxylic acids is 1. The molecule has 0 fully saturated rings. The molecule has 8 heteroatoms. The van der Waals surface area contributed by atoms with Gasteiger partial charge in [-0.1, -0.05) is 13.3 Å². The fraction of sp³-hybridized carbons (Fsp3) is 0.900. The summed E-state index contributed by atoms with van der Waals surface area (Å²) in [5.74, 6) is -0.366. The average Bonchev–Trinajstić information content (AvgIpc) is 2.15. The van der Waals surface area contributed by atoms with Crippen molar-refractivity contribution in [2.45, 2.75) is 44.9 Å². The Balaban J connectivity index is 0. The van der Waals surface area contributed by atoms with Gasteiger partial charge in [-0.25, -0.2) is 0 Å². The number of nitrogens with two attached hydrogens (primary N) is 1. The highest BCUT2D eigenvalue weighted by Crippen LogP contribution is 2.14. The number of ether oxygens (including phenoxy) is 1. The van der Waals surface area contributed by atoms with Crippen LogP contribution in [-0.2, 0) is 9.53 Å². The molecule has 1 amide bonds. The third-order valence-electron chi connectivity index (χ3n) is 1.96. The highest BCUT2D eigenvalue weighted by molar-refractivity contribution is 5.85. The van der Waals surface area contributed by atoms with Crippen LogP contribution in [0.5, 0.6) is 0 Å². The van der Waals surface area contributed by atoms with Gasteiger partial charge in [0, 0.05) is 6.04 Å². The van der Waals surface area contributed by atoms with Crippen LogP contribution in [0.1, 0.15) is 26.7 Å². The molecule has 18 heavy (non-hydrogen) atoms. The first-order valence-corrected chi connectivity index (χ1v) is 5.46. The number of hydrogen-bond acceptors (Lipinski definition) is 3. The molecule has 3 N–H and O–H groups in total. The quantitative estimate of drug-likeness (QED) is 0.749. The number of alkyl halides is 3. The molecule has 2 atom stereocenters. The highest BCUT2D eigenvalue weighted by Gasteiger charge is 2.27. The summed E-state index contributed by atoms with van der Waals surface area (Å²) in [7, 11) is 0. The second kappa shape index (κ2) is 9.41. The van der Waals surface area contributed by atoms with Crippen LogP contribution >= 0.6 is 12.4 Å². The molecule has 0 bridgehead atoms. The van der Waals surface area contributed by atoms with E-state index in [0.29, 0.717) is 6.42 Å². The lowest BCUT2D eigenvalue weighted by atomic mass is 10.1. The molecule has 0 rings (SSSR count). The lowest BCUT2D eigenvalue weighted by Crippen LogP contribution is -2.46. The van der Waals surface area contributed by atoms with Crippen molar-refractivity contribution >= 4 is 18.3 Å². The van der Waals surface area contributed by atoms with Crippen LogP contribution < -0.4 is 11.1 Å². The van der Waals surface area contributed by atoms with Gasteiger partial charge in [0.15, 0.2) is 0 Å². The molecule has 0 saturated heterocycles. The average molecular weight is 293 g/mol. The number of nitrogens with one attached hydrogen (secondary N) is 1. The first-order valence-electron chi connectivity index (χ1n) is 5.46. The number of carbonyl (C=O) groups is 1. The molecular weight excluding hydrogens is 273 g/mol. The van der Waals surface area contributed by atoms with Crippen LogP contribution in [-0.4, -0.2) is 37.4 Å². The Hall–Kier alpha value is -0.530. The molecule has 0 aliphatic carbocycles. The Kier molecular flexibility index (Phi) is 10.3. The van der Waals surface area contributed by atoms with Crippen molar-refractivity contribution in [2.75, 3.05) is 13.2 Å². The maximum Gasteiger partial charge on any atom is 0.411 e. The zero-order chi connectivity index (χ0) is 13.5. The maximum absolute atomic E-state index is 11.8. The van der Waals surface area contributed by atoms with Gasteiger partial charge in [-0.2, -0.15) is 13.2 Å². The molecule has 0 saturated carbocycles. The maximum atomic E-state index is 11.8. The first kappa shape index (κ1) is 19.8. The Bertz CT molecular complexity index is 240. The number of halogens is 4. The van der Waals surface area contributed by atoms with Gasteiger partial charge < -0.3 is 15.8 Å². The van der Waals surface area contributed by atoms with Crippen molar-refractivity contribution in [1.82, 2.24) is 5.32 Å². The molecule has 0 spiro atoms. The van der Waals surface area contributed by atoms with Gasteiger partial charge in [0.1, 0.15) is 6.61 Å². The zero-order valence-electron chi connectivity index (χ0n) is 10.4. The smallest absolute Gasteiger partial charge is 0.370 e. The largest absolute Gasteiger partial charge is 0.411 e. The SMILES string of the molecule is CCCC(N)C(=O)NC(C)COCC(F)(F)F.Cl. The van der Waals surface area contributed by atoms with Crippen LogP contribution in [0.3, 0.4) is 0 Å². The molecule has 0 aliphatic heterocycles. The standard InChI is InChI=1S/C10H19F3N2O2.ClH/c1-3-4-8(14)9(16)15-7(2)5-17-6-10(11,12)13;/h7-8H,3-6,14H2,1-2H3,(H,15,16);1H. The van der Waals surface area contributed by atoms with Gasteiger partial charge in [0.25, 0.3) is 0 Å². The van der Waals surface area contributed by atoms with Crippen LogP contribution in [0.2, 0.25) is 0 Å². The molecule has 0 aromatic carbocycles. The second-order valence-electron chi connectivity index (χ2n) is 3.94. The van der Waals surface area contributed by atoms with Gasteiger partial charge in [-0.3, -0.25) is 4.79 Å². The van der Waals surface area contributed by atoms with Gasteiger partial charge in [0.05, 0.1) is 12.6 Å². The summed E-state index contributed by atoms with van der Waals surface area (Å²) in [5, 5.41) is 2.49. The summed E-state index contributed by atoms with van der Waals surface area (Å²) in [6.07, 6.45) is -3.03. The molecule has 0 aliphatic rings. The van der Waals surface area contributed by atoms with Crippen molar-refractivity contribution in [1.29, 1.82) is 0 Å². The lowest BCUT2D eigenvalue weighted by molar-refractivity contribution is -0.175. The third-order valence-corrected chi connectivity index (χ3v) is 1.96. The summed E-state index contributed by atoms with van der Waals surface area (Å²) < 4.78 is 39.7. The Morgan fingerprint density at radius 2 is 2.00 bits per heavy atom. The molecule has 0 aromatic heterocycles. The van der Waals surface area contributed by atoms with Crippen molar-refractivity contribution in [3.63, 3.8) is 0 Å². The van der Waals surface area contributed by atoms with Crippen molar-refractivity contribution in [2.24, 2.45) is 5.73 Å². The van der Waals surface area contributed by atoms with E-state index in [1.54, 1.807) is 6.92 Å². The first-order chi connectivity index (χ1) is 7.76. The fourth-order valence-corrected chi connectivity index (χ4v) is 1.19. The third kappa shape index (κ3) is 10.6. The Labute approximate surface area is 111 Å². The molecule has 0 heterocycles. The van der Waals surface area contributed by atoms with Crippen LogP contribution in [0.25, 0.3) is 0 Å². The molecule has 0 aromatic rings. The minimum absolute atomic E-state index is 0. The molecule has 4 nitrogen and oxygen atoms in total. The van der Waals surface area contributed by atoms with E-state index >= 15 is 0 Å². The van der Waals surface area contributed by atoms with Gasteiger partial charge in [-0.15, -0.1) is 12.4 Å². The van der Waals surface area contributed by atoms with Gasteiger partial charge >= 0.3 is 6.18 Å². The monoisotopic (exact) mass is 292 g/mol. The van der Waals surface area contributed by atoms with E-state index in [2.05, 4.69) is 10.1 Å². The molecule has 110 valence electrons. The molecule has 2 unspecified atom stereocenters. The summed E-state index contributed by atoms with van der Waals surface area (Å²) in [6, 6.07) is -1.11.